The van der Waals surface area contributed by atoms with Gasteiger partial charge in [-0.2, -0.15) is 5.10 Å². The van der Waals surface area contributed by atoms with Gasteiger partial charge in [0.2, 0.25) is 0 Å². The van der Waals surface area contributed by atoms with Crippen molar-refractivity contribution >= 4 is 27.8 Å². The number of aromatic amines is 2. The average Bonchev–Trinajstić information content (AvgIpc) is 3.48. The molecule has 34 heavy (non-hydrogen) atoms. The molecule has 0 unspecified atom stereocenters. The molecule has 8 heteroatoms. The third-order valence-corrected chi connectivity index (χ3v) is 5.67. The molecule has 5 aromatic heterocycles. The maximum atomic E-state index is 4.92. The molecule has 6 aromatic rings. The van der Waals surface area contributed by atoms with E-state index in [4.69, 9.17) is 4.98 Å². The number of nitrogens with zero attached hydrogens (tertiary/aromatic N) is 5. The molecule has 3 N–H and O–H groups in total. The first kappa shape index (κ1) is 20.0. The summed E-state index contributed by atoms with van der Waals surface area (Å²) < 4.78 is 0. The minimum absolute atomic E-state index is 0.322. The molecule has 5 heterocycles. The van der Waals surface area contributed by atoms with Gasteiger partial charge in [0, 0.05) is 53.7 Å². The van der Waals surface area contributed by atoms with Crippen LogP contribution in [0.1, 0.15) is 13.8 Å². The van der Waals surface area contributed by atoms with Crippen molar-refractivity contribution in [1.29, 1.82) is 0 Å². The molecule has 0 aliphatic carbocycles. The van der Waals surface area contributed by atoms with Crippen LogP contribution >= 0.6 is 0 Å². The van der Waals surface area contributed by atoms with E-state index in [0.29, 0.717) is 17.5 Å². The Morgan fingerprint density at radius 2 is 1.74 bits per heavy atom. The second-order valence-electron chi connectivity index (χ2n) is 8.48. The lowest BCUT2D eigenvalue weighted by Crippen LogP contribution is -2.09. The molecule has 0 saturated carbocycles. The Bertz CT molecular complexity index is 1610. The molecular formula is C26H22N8. The Labute approximate surface area is 195 Å². The molecule has 1 aromatic carbocycles. The lowest BCUT2D eigenvalue weighted by atomic mass is 10.1. The Morgan fingerprint density at radius 1 is 0.882 bits per heavy atom. The minimum Gasteiger partial charge on any atom is -0.382 e. The van der Waals surface area contributed by atoms with Gasteiger partial charge in [-0.25, -0.2) is 9.97 Å². The Hall–Kier alpha value is -4.59. The van der Waals surface area contributed by atoms with Crippen LogP contribution in [-0.2, 0) is 0 Å². The van der Waals surface area contributed by atoms with Gasteiger partial charge in [0.25, 0.3) is 0 Å². The first-order chi connectivity index (χ1) is 16.7. The van der Waals surface area contributed by atoms with E-state index in [1.54, 1.807) is 12.4 Å². The topological polar surface area (TPSA) is 108 Å². The Balaban J connectivity index is 1.45. The van der Waals surface area contributed by atoms with E-state index in [1.165, 1.54) is 0 Å². The molecule has 0 spiro atoms. The first-order valence-electron chi connectivity index (χ1n) is 11.1. The number of hydrogen-bond acceptors (Lipinski definition) is 6. The van der Waals surface area contributed by atoms with Crippen molar-refractivity contribution in [3.05, 3.63) is 73.4 Å². The molecule has 0 aliphatic heterocycles. The maximum Gasteiger partial charge on any atom is 0.159 e. The van der Waals surface area contributed by atoms with Crippen molar-refractivity contribution in [3.8, 4) is 33.8 Å². The number of H-pyrrole nitrogens is 2. The Morgan fingerprint density at radius 3 is 2.59 bits per heavy atom. The second kappa shape index (κ2) is 8.08. The summed E-state index contributed by atoms with van der Waals surface area (Å²) in [5.41, 5.74) is 8.30. The van der Waals surface area contributed by atoms with E-state index in [1.807, 2.05) is 42.9 Å². The first-order valence-corrected chi connectivity index (χ1v) is 11.1. The van der Waals surface area contributed by atoms with Crippen LogP contribution in [0.3, 0.4) is 0 Å². The summed E-state index contributed by atoms with van der Waals surface area (Å²) in [7, 11) is 0. The predicted octanol–water partition coefficient (Wildman–Crippen LogP) is 5.45. The average molecular weight is 447 g/mol. The van der Waals surface area contributed by atoms with Crippen molar-refractivity contribution in [3.63, 3.8) is 0 Å². The van der Waals surface area contributed by atoms with E-state index in [0.717, 1.165) is 50.1 Å². The van der Waals surface area contributed by atoms with E-state index in [-0.39, 0.29) is 0 Å². The smallest absolute Gasteiger partial charge is 0.159 e. The van der Waals surface area contributed by atoms with Crippen LogP contribution in [0.2, 0.25) is 0 Å². The molecule has 0 saturated heterocycles. The summed E-state index contributed by atoms with van der Waals surface area (Å²) in [5, 5.41) is 11.9. The van der Waals surface area contributed by atoms with Gasteiger partial charge in [-0.1, -0.05) is 12.1 Å². The molecule has 0 atom stereocenters. The number of hydrogen-bond donors (Lipinski definition) is 3. The van der Waals surface area contributed by atoms with Crippen molar-refractivity contribution in [2.75, 3.05) is 5.32 Å². The number of imidazole rings is 1. The summed E-state index contributed by atoms with van der Waals surface area (Å²) in [6.07, 6.45) is 9.08. The monoisotopic (exact) mass is 446 g/mol. The van der Waals surface area contributed by atoms with E-state index in [2.05, 4.69) is 67.5 Å². The van der Waals surface area contributed by atoms with Gasteiger partial charge in [-0.3, -0.25) is 15.1 Å². The van der Waals surface area contributed by atoms with Crippen LogP contribution in [0, 0.1) is 0 Å². The predicted molar refractivity (Wildman–Crippen MR) is 134 cm³/mol. The standard InChI is InChI=1S/C26H22N8/c1-15(2)30-19-10-17(12-28-14-19)18-11-21-24(33-34-25(21)29-13-18)26-31-22-5-3-4-20(23(22)32-26)16-6-8-27-9-7-16/h3-15,30H,1-2H3,(H,31,32)(H,29,33,34). The summed E-state index contributed by atoms with van der Waals surface area (Å²) in [5.74, 6) is 0.690. The van der Waals surface area contributed by atoms with Crippen molar-refractivity contribution < 1.29 is 0 Å². The fraction of sp³-hybridized carbons (Fsp3) is 0.115. The number of pyridine rings is 3. The highest BCUT2D eigenvalue weighted by atomic mass is 15.2. The molecule has 0 aliphatic rings. The molecule has 0 bridgehead atoms. The van der Waals surface area contributed by atoms with E-state index >= 15 is 0 Å². The van der Waals surface area contributed by atoms with Gasteiger partial charge in [-0.15, -0.1) is 0 Å². The molecule has 166 valence electrons. The number of benzene rings is 1. The van der Waals surface area contributed by atoms with Crippen molar-refractivity contribution in [1.82, 2.24) is 35.1 Å². The van der Waals surface area contributed by atoms with Crippen molar-refractivity contribution in [2.45, 2.75) is 19.9 Å². The Kier molecular flexibility index (Phi) is 4.76. The lowest BCUT2D eigenvalue weighted by Gasteiger charge is -2.10. The second-order valence-corrected chi connectivity index (χ2v) is 8.48. The molecule has 0 radical (unpaired) electrons. The number of fused-ring (bicyclic) bond motifs is 2. The van der Waals surface area contributed by atoms with E-state index in [9.17, 15) is 0 Å². The highest BCUT2D eigenvalue weighted by Gasteiger charge is 2.16. The largest absolute Gasteiger partial charge is 0.382 e. The van der Waals surface area contributed by atoms with Crippen LogP contribution in [0.4, 0.5) is 5.69 Å². The highest BCUT2D eigenvalue weighted by Crippen LogP contribution is 2.32. The number of rotatable bonds is 5. The third kappa shape index (κ3) is 3.55. The summed E-state index contributed by atoms with van der Waals surface area (Å²) in [4.78, 5) is 21.5. The minimum atomic E-state index is 0.322. The molecule has 8 nitrogen and oxygen atoms in total. The van der Waals surface area contributed by atoms with Crippen LogP contribution < -0.4 is 5.32 Å². The van der Waals surface area contributed by atoms with E-state index < -0.39 is 0 Å². The number of nitrogens with one attached hydrogen (secondary N) is 3. The van der Waals surface area contributed by atoms with Gasteiger partial charge in [-0.05, 0) is 49.7 Å². The highest BCUT2D eigenvalue weighted by molar-refractivity contribution is 5.97. The van der Waals surface area contributed by atoms with Gasteiger partial charge in [0.15, 0.2) is 11.5 Å². The van der Waals surface area contributed by atoms with Crippen LogP contribution in [0.5, 0.6) is 0 Å². The summed E-state index contributed by atoms with van der Waals surface area (Å²) in [6, 6.07) is 14.6. The SMILES string of the molecule is CC(C)Nc1cncc(-c2cnc3[nH]nc(-c4nc5c(-c6ccncc6)cccc5[nH]4)c3c2)c1. The zero-order valence-corrected chi connectivity index (χ0v) is 18.7. The zero-order valence-electron chi connectivity index (χ0n) is 18.7. The maximum absolute atomic E-state index is 4.92. The summed E-state index contributed by atoms with van der Waals surface area (Å²) >= 11 is 0. The normalized spacial score (nSPS) is 11.5. The molecular weight excluding hydrogens is 424 g/mol. The lowest BCUT2D eigenvalue weighted by molar-refractivity contribution is 0.898. The molecule has 6 rings (SSSR count). The fourth-order valence-corrected chi connectivity index (χ4v) is 4.16. The molecule has 0 fully saturated rings. The van der Waals surface area contributed by atoms with Crippen molar-refractivity contribution in [2.24, 2.45) is 0 Å². The third-order valence-electron chi connectivity index (χ3n) is 5.67. The van der Waals surface area contributed by atoms with Gasteiger partial charge >= 0.3 is 0 Å². The van der Waals surface area contributed by atoms with Crippen LogP contribution in [-0.4, -0.2) is 41.2 Å². The number of anilines is 1. The van der Waals surface area contributed by atoms with Crippen LogP contribution in [0.25, 0.3) is 55.8 Å². The van der Waals surface area contributed by atoms with Crippen LogP contribution in [0.15, 0.2) is 73.4 Å². The fourth-order valence-electron chi connectivity index (χ4n) is 4.16. The van der Waals surface area contributed by atoms with Gasteiger partial charge < -0.3 is 10.3 Å². The number of aromatic nitrogens is 7. The quantitative estimate of drug-likeness (QED) is 0.325. The molecule has 0 amide bonds. The number of para-hydroxylation sites is 1. The van der Waals surface area contributed by atoms with Gasteiger partial charge in [0.1, 0.15) is 5.69 Å². The zero-order chi connectivity index (χ0) is 23.1. The van der Waals surface area contributed by atoms with Gasteiger partial charge in [0.05, 0.1) is 22.1 Å². The summed E-state index contributed by atoms with van der Waals surface area (Å²) in [6.45, 7) is 4.21.